The first-order valence-corrected chi connectivity index (χ1v) is 6.07. The minimum absolute atomic E-state index is 0.156. The van der Waals surface area contributed by atoms with E-state index in [9.17, 15) is 4.79 Å². The van der Waals surface area contributed by atoms with Crippen molar-refractivity contribution < 1.29 is 14.3 Å². The van der Waals surface area contributed by atoms with Crippen molar-refractivity contribution in [3.63, 3.8) is 0 Å². The average molecular weight is 258 g/mol. The number of methoxy groups -OCH3 is 1. The maximum Gasteiger partial charge on any atom is 0.308 e. The highest BCUT2D eigenvalue weighted by Gasteiger charge is 2.30. The lowest BCUT2D eigenvalue weighted by atomic mass is 9.99. The van der Waals surface area contributed by atoms with Crippen LogP contribution in [-0.4, -0.2) is 30.4 Å². The van der Waals surface area contributed by atoms with Crippen LogP contribution in [-0.2, 0) is 14.3 Å². The third-order valence-electron chi connectivity index (χ3n) is 3.37. The molecule has 2 aromatic rings. The lowest BCUT2D eigenvalue weighted by Crippen LogP contribution is -2.24. The standard InChI is InChI=1S/C14H14N2O3/c1-18-12(17)6-11-14-13(9(15)7-19-11)8-4-2-3-5-10(8)16-14/h2-5,11,15-16H,6-7H2,1H3. The summed E-state index contributed by atoms with van der Waals surface area (Å²) in [7, 11) is 1.36. The third kappa shape index (κ3) is 1.92. The van der Waals surface area contributed by atoms with Gasteiger partial charge in [-0.1, -0.05) is 18.2 Å². The van der Waals surface area contributed by atoms with Crippen LogP contribution < -0.4 is 0 Å². The first-order valence-electron chi connectivity index (χ1n) is 6.07. The number of para-hydroxylation sites is 1. The number of nitrogens with one attached hydrogen (secondary N) is 2. The van der Waals surface area contributed by atoms with Gasteiger partial charge in [0.15, 0.2) is 0 Å². The Morgan fingerprint density at radius 3 is 3.11 bits per heavy atom. The SMILES string of the molecule is COC(=O)CC1OCC(=N)c2c1[nH]c1ccccc21. The van der Waals surface area contributed by atoms with Crippen molar-refractivity contribution in [2.45, 2.75) is 12.5 Å². The van der Waals surface area contributed by atoms with E-state index in [-0.39, 0.29) is 25.1 Å². The molecule has 0 saturated carbocycles. The van der Waals surface area contributed by atoms with Gasteiger partial charge in [0.25, 0.3) is 0 Å². The van der Waals surface area contributed by atoms with E-state index in [1.165, 1.54) is 7.11 Å². The maximum atomic E-state index is 11.4. The molecule has 2 heterocycles. The van der Waals surface area contributed by atoms with E-state index in [4.69, 9.17) is 10.1 Å². The summed E-state index contributed by atoms with van der Waals surface area (Å²) in [6, 6.07) is 7.80. The summed E-state index contributed by atoms with van der Waals surface area (Å²) in [6.07, 6.45) is -0.215. The molecule has 0 aliphatic carbocycles. The van der Waals surface area contributed by atoms with Crippen molar-refractivity contribution in [1.82, 2.24) is 4.98 Å². The summed E-state index contributed by atoms with van der Waals surface area (Å²) >= 11 is 0. The Bertz CT molecular complexity index is 660. The Morgan fingerprint density at radius 1 is 1.53 bits per heavy atom. The molecule has 0 spiro atoms. The van der Waals surface area contributed by atoms with E-state index in [1.807, 2.05) is 24.3 Å². The molecule has 1 aromatic carbocycles. The van der Waals surface area contributed by atoms with Crippen LogP contribution >= 0.6 is 0 Å². The Balaban J connectivity index is 2.10. The molecule has 1 aromatic heterocycles. The van der Waals surface area contributed by atoms with E-state index in [1.54, 1.807) is 0 Å². The number of ether oxygens (including phenoxy) is 2. The summed E-state index contributed by atoms with van der Waals surface area (Å²) in [4.78, 5) is 14.7. The number of esters is 1. The van der Waals surface area contributed by atoms with Gasteiger partial charge in [-0.3, -0.25) is 4.79 Å². The Labute approximate surface area is 110 Å². The second-order valence-corrected chi connectivity index (χ2v) is 4.52. The molecule has 1 aliphatic heterocycles. The van der Waals surface area contributed by atoms with Gasteiger partial charge in [-0.25, -0.2) is 0 Å². The van der Waals surface area contributed by atoms with Crippen molar-refractivity contribution in [2.75, 3.05) is 13.7 Å². The highest BCUT2D eigenvalue weighted by molar-refractivity contribution is 6.12. The molecule has 0 fully saturated rings. The van der Waals surface area contributed by atoms with Crippen molar-refractivity contribution in [3.8, 4) is 0 Å². The number of hydrogen-bond acceptors (Lipinski definition) is 4. The summed E-state index contributed by atoms with van der Waals surface area (Å²) in [5, 5.41) is 9.03. The number of aromatic nitrogens is 1. The predicted molar refractivity (Wildman–Crippen MR) is 70.5 cm³/mol. The van der Waals surface area contributed by atoms with Crippen molar-refractivity contribution in [1.29, 1.82) is 5.41 Å². The van der Waals surface area contributed by atoms with E-state index in [2.05, 4.69) is 9.72 Å². The number of carbonyl (C=O) groups excluding carboxylic acids is 1. The van der Waals surface area contributed by atoms with Crippen LogP contribution in [0.4, 0.5) is 0 Å². The molecule has 1 unspecified atom stereocenters. The van der Waals surface area contributed by atoms with Crippen LogP contribution in [0.3, 0.4) is 0 Å². The lowest BCUT2D eigenvalue weighted by molar-refractivity contribution is -0.143. The lowest BCUT2D eigenvalue weighted by Gasteiger charge is -2.23. The fraction of sp³-hybridized carbons (Fsp3) is 0.286. The van der Waals surface area contributed by atoms with Crippen LogP contribution in [0.1, 0.15) is 23.8 Å². The van der Waals surface area contributed by atoms with E-state index in [0.29, 0.717) is 5.71 Å². The normalized spacial score (nSPS) is 18.4. The highest BCUT2D eigenvalue weighted by atomic mass is 16.5. The summed E-state index contributed by atoms with van der Waals surface area (Å²) in [5.74, 6) is -0.317. The monoisotopic (exact) mass is 258 g/mol. The predicted octanol–water partition coefficient (Wildman–Crippen LogP) is 2.17. The van der Waals surface area contributed by atoms with Crippen LogP contribution in [0, 0.1) is 5.41 Å². The van der Waals surface area contributed by atoms with Gasteiger partial charge in [0.05, 0.1) is 31.5 Å². The van der Waals surface area contributed by atoms with Gasteiger partial charge in [-0.15, -0.1) is 0 Å². The molecule has 0 radical (unpaired) electrons. The van der Waals surface area contributed by atoms with Gasteiger partial charge in [0.1, 0.15) is 6.10 Å². The molecule has 2 N–H and O–H groups in total. The van der Waals surface area contributed by atoms with Crippen LogP contribution in [0.5, 0.6) is 0 Å². The minimum atomic E-state index is -0.371. The van der Waals surface area contributed by atoms with Crippen LogP contribution in [0.2, 0.25) is 0 Å². The fourth-order valence-corrected chi connectivity index (χ4v) is 2.46. The largest absolute Gasteiger partial charge is 0.469 e. The minimum Gasteiger partial charge on any atom is -0.469 e. The number of H-pyrrole nitrogens is 1. The second kappa shape index (κ2) is 4.51. The first-order chi connectivity index (χ1) is 9.20. The Hall–Kier alpha value is -2.14. The van der Waals surface area contributed by atoms with Crippen LogP contribution in [0.25, 0.3) is 10.9 Å². The molecule has 0 bridgehead atoms. The van der Waals surface area contributed by atoms with Gasteiger partial charge < -0.3 is 19.9 Å². The van der Waals surface area contributed by atoms with Gasteiger partial charge >= 0.3 is 5.97 Å². The van der Waals surface area contributed by atoms with E-state index < -0.39 is 0 Å². The van der Waals surface area contributed by atoms with Crippen molar-refractivity contribution in [2.24, 2.45) is 0 Å². The topological polar surface area (TPSA) is 75.2 Å². The average Bonchev–Trinajstić information content (AvgIpc) is 2.82. The highest BCUT2D eigenvalue weighted by Crippen LogP contribution is 2.34. The fourth-order valence-electron chi connectivity index (χ4n) is 2.46. The van der Waals surface area contributed by atoms with Gasteiger partial charge in [-0.2, -0.15) is 0 Å². The van der Waals surface area contributed by atoms with Gasteiger partial charge in [-0.05, 0) is 6.07 Å². The van der Waals surface area contributed by atoms with Gasteiger partial charge in [0, 0.05) is 16.5 Å². The quantitative estimate of drug-likeness (QED) is 0.810. The number of carbonyl (C=O) groups is 1. The zero-order valence-corrected chi connectivity index (χ0v) is 10.5. The summed E-state index contributed by atoms with van der Waals surface area (Å²) in [6.45, 7) is 0.219. The number of hydrogen-bond donors (Lipinski definition) is 2. The first kappa shape index (κ1) is 11.9. The summed E-state index contributed by atoms with van der Waals surface area (Å²) in [5.41, 5.74) is 3.05. The second-order valence-electron chi connectivity index (χ2n) is 4.52. The number of aromatic amines is 1. The third-order valence-corrected chi connectivity index (χ3v) is 3.37. The molecular formula is C14H14N2O3. The van der Waals surface area contributed by atoms with Gasteiger partial charge in [0.2, 0.25) is 0 Å². The van der Waals surface area contributed by atoms with E-state index >= 15 is 0 Å². The summed E-state index contributed by atoms with van der Waals surface area (Å²) < 4.78 is 10.2. The molecule has 1 atom stereocenters. The van der Waals surface area contributed by atoms with Crippen molar-refractivity contribution in [3.05, 3.63) is 35.5 Å². The molecule has 5 heteroatoms. The Kier molecular flexibility index (Phi) is 2.83. The molecular weight excluding hydrogens is 244 g/mol. The van der Waals surface area contributed by atoms with E-state index in [0.717, 1.165) is 22.2 Å². The molecule has 1 aliphatic rings. The molecule has 0 saturated heterocycles. The molecule has 98 valence electrons. The van der Waals surface area contributed by atoms with Crippen molar-refractivity contribution >= 4 is 22.6 Å². The molecule has 3 rings (SSSR count). The maximum absolute atomic E-state index is 11.4. The number of benzene rings is 1. The number of rotatable bonds is 2. The zero-order chi connectivity index (χ0) is 13.4. The molecule has 0 amide bonds. The number of fused-ring (bicyclic) bond motifs is 3. The zero-order valence-electron chi connectivity index (χ0n) is 10.5. The smallest absolute Gasteiger partial charge is 0.308 e. The Morgan fingerprint density at radius 2 is 2.32 bits per heavy atom. The molecule has 19 heavy (non-hydrogen) atoms. The van der Waals surface area contributed by atoms with Crippen LogP contribution in [0.15, 0.2) is 24.3 Å². The molecule has 5 nitrogen and oxygen atoms in total.